The van der Waals surface area contributed by atoms with Crippen molar-refractivity contribution in [2.45, 2.75) is 58.7 Å². The Labute approximate surface area is 82.7 Å². The molecule has 0 saturated carbocycles. The molecule has 2 heteroatoms. The number of nitrogens with zero attached hydrogens (tertiary/aromatic N) is 1. The van der Waals surface area contributed by atoms with Crippen molar-refractivity contribution in [3.8, 4) is 0 Å². The van der Waals surface area contributed by atoms with Gasteiger partial charge in [-0.05, 0) is 34.1 Å². The van der Waals surface area contributed by atoms with Crippen molar-refractivity contribution in [2.75, 3.05) is 13.1 Å². The number of nitrogens with one attached hydrogen (secondary N) is 1. The predicted octanol–water partition coefficient (Wildman–Crippen LogP) is 1.86. The molecular weight excluding hydrogens is 160 g/mol. The Balaban J connectivity index is 2.66. The second-order valence-corrected chi connectivity index (χ2v) is 5.00. The number of rotatable bonds is 2. The van der Waals surface area contributed by atoms with Crippen LogP contribution in [0.2, 0.25) is 0 Å². The van der Waals surface area contributed by atoms with Gasteiger partial charge in [-0.1, -0.05) is 6.92 Å². The van der Waals surface area contributed by atoms with E-state index in [1.165, 1.54) is 13.0 Å². The Hall–Kier alpha value is -0.0800. The first-order chi connectivity index (χ1) is 5.97. The van der Waals surface area contributed by atoms with Crippen molar-refractivity contribution in [3.05, 3.63) is 0 Å². The lowest BCUT2D eigenvalue weighted by molar-refractivity contribution is 0.0333. The van der Waals surface area contributed by atoms with Gasteiger partial charge < -0.3 is 5.32 Å². The van der Waals surface area contributed by atoms with Gasteiger partial charge in [0, 0.05) is 30.7 Å². The summed E-state index contributed by atoms with van der Waals surface area (Å²) in [4.78, 5) is 2.63. The zero-order chi connectivity index (χ0) is 10.1. The molecule has 1 heterocycles. The van der Waals surface area contributed by atoms with E-state index >= 15 is 0 Å². The van der Waals surface area contributed by atoms with E-state index in [1.54, 1.807) is 0 Å². The molecule has 0 spiro atoms. The molecule has 2 atom stereocenters. The first-order valence-corrected chi connectivity index (χ1v) is 5.47. The Kier molecular flexibility index (Phi) is 3.36. The van der Waals surface area contributed by atoms with Crippen LogP contribution in [-0.4, -0.2) is 35.6 Å². The highest BCUT2D eigenvalue weighted by molar-refractivity contribution is 4.93. The largest absolute Gasteiger partial charge is 0.311 e. The lowest BCUT2D eigenvalue weighted by Crippen LogP contribution is -2.63. The van der Waals surface area contributed by atoms with Crippen LogP contribution < -0.4 is 5.32 Å². The van der Waals surface area contributed by atoms with Gasteiger partial charge in [-0.25, -0.2) is 0 Å². The minimum absolute atomic E-state index is 0.321. The van der Waals surface area contributed by atoms with Gasteiger partial charge in [-0.3, -0.25) is 4.90 Å². The smallest absolute Gasteiger partial charge is 0.0281 e. The third kappa shape index (κ3) is 2.44. The number of piperazine rings is 1. The summed E-state index contributed by atoms with van der Waals surface area (Å²) in [7, 11) is 0. The fourth-order valence-corrected chi connectivity index (χ4v) is 2.13. The molecular formula is C11H24N2. The molecule has 0 bridgehead atoms. The molecule has 1 aliphatic heterocycles. The monoisotopic (exact) mass is 184 g/mol. The molecule has 1 aliphatic rings. The van der Waals surface area contributed by atoms with Crippen LogP contribution in [0.25, 0.3) is 0 Å². The summed E-state index contributed by atoms with van der Waals surface area (Å²) in [5, 5.41) is 3.54. The molecule has 0 aromatic heterocycles. The van der Waals surface area contributed by atoms with Crippen LogP contribution in [0.5, 0.6) is 0 Å². The normalized spacial score (nSPS) is 31.6. The lowest BCUT2D eigenvalue weighted by Gasteiger charge is -2.48. The highest BCUT2D eigenvalue weighted by Crippen LogP contribution is 2.22. The maximum absolute atomic E-state index is 3.54. The molecule has 13 heavy (non-hydrogen) atoms. The minimum Gasteiger partial charge on any atom is -0.311 e. The van der Waals surface area contributed by atoms with Gasteiger partial charge in [-0.2, -0.15) is 0 Å². The average molecular weight is 184 g/mol. The predicted molar refractivity (Wildman–Crippen MR) is 58.0 cm³/mol. The fourth-order valence-electron chi connectivity index (χ4n) is 2.13. The van der Waals surface area contributed by atoms with Gasteiger partial charge >= 0.3 is 0 Å². The zero-order valence-electron chi connectivity index (χ0n) is 9.72. The Morgan fingerprint density at radius 2 is 2.15 bits per heavy atom. The van der Waals surface area contributed by atoms with Crippen molar-refractivity contribution < 1.29 is 0 Å². The summed E-state index contributed by atoms with van der Waals surface area (Å²) in [6.45, 7) is 13.8. The Morgan fingerprint density at radius 3 is 2.69 bits per heavy atom. The summed E-state index contributed by atoms with van der Waals surface area (Å²) in [6.07, 6.45) is 1.25. The summed E-state index contributed by atoms with van der Waals surface area (Å²) >= 11 is 0. The van der Waals surface area contributed by atoms with Crippen LogP contribution in [0, 0.1) is 0 Å². The van der Waals surface area contributed by atoms with Crippen molar-refractivity contribution in [2.24, 2.45) is 0 Å². The fraction of sp³-hybridized carbons (Fsp3) is 1.00. The van der Waals surface area contributed by atoms with E-state index < -0.39 is 0 Å². The average Bonchev–Trinajstić information content (AvgIpc) is 2.08. The molecule has 78 valence electrons. The quantitative estimate of drug-likeness (QED) is 0.704. The molecule has 0 aromatic carbocycles. The van der Waals surface area contributed by atoms with Crippen LogP contribution >= 0.6 is 0 Å². The van der Waals surface area contributed by atoms with Crippen LogP contribution in [0.1, 0.15) is 41.0 Å². The van der Waals surface area contributed by atoms with Gasteiger partial charge in [0.25, 0.3) is 0 Å². The molecule has 0 amide bonds. The minimum atomic E-state index is 0.321. The van der Waals surface area contributed by atoms with Crippen LogP contribution in [0.3, 0.4) is 0 Å². The first kappa shape index (κ1) is 11.0. The maximum atomic E-state index is 3.54. The summed E-state index contributed by atoms with van der Waals surface area (Å²) in [6, 6.07) is 1.35. The van der Waals surface area contributed by atoms with Crippen molar-refractivity contribution in [1.82, 2.24) is 10.2 Å². The van der Waals surface area contributed by atoms with Crippen LogP contribution in [0.4, 0.5) is 0 Å². The highest BCUT2D eigenvalue weighted by atomic mass is 15.3. The van der Waals surface area contributed by atoms with Crippen molar-refractivity contribution >= 4 is 0 Å². The number of hydrogen-bond acceptors (Lipinski definition) is 2. The summed E-state index contributed by atoms with van der Waals surface area (Å²) in [5.41, 5.74) is 0.321. The summed E-state index contributed by atoms with van der Waals surface area (Å²) < 4.78 is 0. The van der Waals surface area contributed by atoms with Gasteiger partial charge in [-0.15, -0.1) is 0 Å². The molecule has 1 N–H and O–H groups in total. The van der Waals surface area contributed by atoms with Gasteiger partial charge in [0.05, 0.1) is 0 Å². The summed E-state index contributed by atoms with van der Waals surface area (Å²) in [5.74, 6) is 0. The first-order valence-electron chi connectivity index (χ1n) is 5.47. The second-order valence-electron chi connectivity index (χ2n) is 5.00. The molecule has 0 radical (unpaired) electrons. The van der Waals surface area contributed by atoms with E-state index in [9.17, 15) is 0 Å². The molecule has 2 nitrogen and oxygen atoms in total. The molecule has 0 aliphatic carbocycles. The van der Waals surface area contributed by atoms with E-state index in [1.807, 2.05) is 0 Å². The topological polar surface area (TPSA) is 15.3 Å². The third-order valence-corrected chi connectivity index (χ3v) is 3.25. The Morgan fingerprint density at radius 1 is 1.54 bits per heavy atom. The molecule has 0 aromatic rings. The standard InChI is InChI=1S/C11H24N2/c1-6-10(3)13-7-9(2)12-8-11(13,4)5/h9-10,12H,6-8H2,1-5H3. The van der Waals surface area contributed by atoms with Gasteiger partial charge in [0.15, 0.2) is 0 Å². The van der Waals surface area contributed by atoms with Crippen LogP contribution in [-0.2, 0) is 0 Å². The zero-order valence-corrected chi connectivity index (χ0v) is 9.72. The molecule has 1 saturated heterocycles. The van der Waals surface area contributed by atoms with Gasteiger partial charge in [0.2, 0.25) is 0 Å². The van der Waals surface area contributed by atoms with E-state index in [0.29, 0.717) is 17.6 Å². The van der Waals surface area contributed by atoms with Crippen molar-refractivity contribution in [1.29, 1.82) is 0 Å². The van der Waals surface area contributed by atoms with E-state index in [-0.39, 0.29) is 0 Å². The van der Waals surface area contributed by atoms with Gasteiger partial charge in [0.1, 0.15) is 0 Å². The molecule has 2 unspecified atom stereocenters. The van der Waals surface area contributed by atoms with Crippen molar-refractivity contribution in [3.63, 3.8) is 0 Å². The third-order valence-electron chi connectivity index (χ3n) is 3.25. The SMILES string of the molecule is CCC(C)N1CC(C)NCC1(C)C. The molecule has 1 fully saturated rings. The molecule has 1 rings (SSSR count). The number of hydrogen-bond donors (Lipinski definition) is 1. The maximum Gasteiger partial charge on any atom is 0.0281 e. The Bertz CT molecular complexity index is 165. The van der Waals surface area contributed by atoms with E-state index in [4.69, 9.17) is 0 Å². The van der Waals surface area contributed by atoms with Crippen LogP contribution in [0.15, 0.2) is 0 Å². The highest BCUT2D eigenvalue weighted by Gasteiger charge is 2.34. The lowest BCUT2D eigenvalue weighted by atomic mass is 9.95. The van der Waals surface area contributed by atoms with E-state index in [0.717, 1.165) is 6.54 Å². The van der Waals surface area contributed by atoms with E-state index in [2.05, 4.69) is 44.8 Å². The second kappa shape index (κ2) is 3.97.